The molecule has 2 heteroatoms. The van der Waals surface area contributed by atoms with Gasteiger partial charge in [0.2, 0.25) is 0 Å². The summed E-state index contributed by atoms with van der Waals surface area (Å²) in [5.74, 6) is 0. The maximum absolute atomic E-state index is 2.41. The number of halogens is 1. The largest absolute Gasteiger partial charge is 1.00 e. The minimum absolute atomic E-state index is 0. The van der Waals surface area contributed by atoms with Crippen molar-refractivity contribution in [3.8, 4) is 0 Å². The van der Waals surface area contributed by atoms with Crippen LogP contribution >= 0.6 is 0 Å². The van der Waals surface area contributed by atoms with E-state index in [-0.39, 0.29) is 17.0 Å². The maximum Gasteiger partial charge on any atom is -1.00 e. The Kier molecular flexibility index (Phi) is 8.00. The van der Waals surface area contributed by atoms with Crippen molar-refractivity contribution in [2.45, 2.75) is 31.4 Å². The average Bonchev–Trinajstić information content (AvgIpc) is 2.68. The molecule has 0 N–H and O–H groups in total. The van der Waals surface area contributed by atoms with Gasteiger partial charge >= 0.3 is 149 Å². The number of unbranched alkanes of at least 4 members (excludes halogenated alkanes) is 2. The minimum atomic E-state index is -2.41. The van der Waals surface area contributed by atoms with Crippen molar-refractivity contribution < 1.29 is 17.0 Å². The SMILES string of the molecule is CCCCC[As+](c1ccccc1)(c1ccccc1)c1ccccc1.[Br-]. The molecule has 0 unspecified atom stereocenters. The molecule has 0 aliphatic rings. The van der Waals surface area contributed by atoms with Gasteiger partial charge in [0, 0.05) is 0 Å². The van der Waals surface area contributed by atoms with Crippen LogP contribution in [0.25, 0.3) is 0 Å². The van der Waals surface area contributed by atoms with Crippen molar-refractivity contribution >= 4 is 26.6 Å². The van der Waals surface area contributed by atoms with Crippen LogP contribution in [0.15, 0.2) is 91.0 Å². The van der Waals surface area contributed by atoms with Crippen molar-refractivity contribution in [1.82, 2.24) is 0 Å². The summed E-state index contributed by atoms with van der Waals surface area (Å²) in [5.41, 5.74) is 0. The molecule has 0 radical (unpaired) electrons. The molecule has 0 amide bonds. The van der Waals surface area contributed by atoms with Crippen LogP contribution in [0.4, 0.5) is 0 Å². The van der Waals surface area contributed by atoms with Crippen molar-refractivity contribution in [2.24, 2.45) is 0 Å². The Bertz CT molecular complexity index is 629. The second-order valence-corrected chi connectivity index (χ2v) is 13.8. The third kappa shape index (κ3) is 4.46. The van der Waals surface area contributed by atoms with Gasteiger partial charge in [-0.05, 0) is 0 Å². The molecule has 25 heavy (non-hydrogen) atoms. The predicted molar refractivity (Wildman–Crippen MR) is 108 cm³/mol. The van der Waals surface area contributed by atoms with E-state index in [1.54, 1.807) is 13.1 Å². The zero-order valence-electron chi connectivity index (χ0n) is 14.8. The number of rotatable bonds is 7. The Hall–Kier alpha value is -1.30. The first-order chi connectivity index (χ1) is 11.9. The molecule has 0 atom stereocenters. The van der Waals surface area contributed by atoms with Crippen LogP contribution in [0.1, 0.15) is 26.2 Å². The Morgan fingerprint density at radius 1 is 0.560 bits per heavy atom. The zero-order valence-corrected chi connectivity index (χ0v) is 18.3. The summed E-state index contributed by atoms with van der Waals surface area (Å²) in [6.07, 6.45) is 3.89. The summed E-state index contributed by atoms with van der Waals surface area (Å²) in [4.78, 5) is 0. The third-order valence-electron chi connectivity index (χ3n) is 4.69. The van der Waals surface area contributed by atoms with Gasteiger partial charge in [0.05, 0.1) is 0 Å². The van der Waals surface area contributed by atoms with E-state index in [1.807, 2.05) is 0 Å². The van der Waals surface area contributed by atoms with E-state index in [0.717, 1.165) is 0 Å². The van der Waals surface area contributed by atoms with E-state index in [9.17, 15) is 0 Å². The average molecular weight is 457 g/mol. The molecule has 3 aromatic rings. The normalized spacial score (nSPS) is 10.9. The second-order valence-electron chi connectivity index (χ2n) is 6.25. The first-order valence-corrected chi connectivity index (χ1v) is 13.1. The van der Waals surface area contributed by atoms with Crippen molar-refractivity contribution in [3.05, 3.63) is 91.0 Å². The van der Waals surface area contributed by atoms with Crippen LogP contribution < -0.4 is 30.0 Å². The molecule has 3 aromatic carbocycles. The van der Waals surface area contributed by atoms with Crippen LogP contribution in [0.5, 0.6) is 0 Å². The monoisotopic (exact) mass is 456 g/mol. The molecule has 0 saturated heterocycles. The van der Waals surface area contributed by atoms with Crippen LogP contribution in [-0.2, 0) is 0 Å². The van der Waals surface area contributed by atoms with Gasteiger partial charge in [-0.2, -0.15) is 0 Å². The maximum atomic E-state index is 2.36. The standard InChI is InChI=1S/C23H26As.BrH/c1-2-3-13-20-24(21-14-7-4-8-15-21,22-16-9-5-10-17-22)23-18-11-6-12-19-23;/h4-12,14-19H,2-3,13,20H2,1H3;1H/q+1;/p-1. The van der Waals surface area contributed by atoms with Crippen molar-refractivity contribution in [2.75, 3.05) is 0 Å². The predicted octanol–water partition coefficient (Wildman–Crippen LogP) is 1.35. The molecule has 0 aromatic heterocycles. The van der Waals surface area contributed by atoms with Gasteiger partial charge in [-0.15, -0.1) is 0 Å². The summed E-state index contributed by atoms with van der Waals surface area (Å²) in [7, 11) is 0. The number of benzene rings is 3. The molecule has 0 spiro atoms. The summed E-state index contributed by atoms with van der Waals surface area (Å²) in [5, 5.41) is 1.31. The molecule has 0 saturated carbocycles. The van der Waals surface area contributed by atoms with Gasteiger partial charge in [0.15, 0.2) is 0 Å². The van der Waals surface area contributed by atoms with E-state index in [4.69, 9.17) is 0 Å². The van der Waals surface area contributed by atoms with E-state index in [1.165, 1.54) is 24.5 Å². The Balaban J connectivity index is 0.00000225. The Morgan fingerprint density at radius 2 is 0.920 bits per heavy atom. The van der Waals surface area contributed by atoms with Gasteiger partial charge in [-0.25, -0.2) is 0 Å². The smallest absolute Gasteiger partial charge is 1.00 e. The molecule has 0 nitrogen and oxygen atoms in total. The molecule has 130 valence electrons. The first-order valence-electron chi connectivity index (χ1n) is 8.93. The number of hydrogen-bond acceptors (Lipinski definition) is 0. The molecule has 0 fully saturated rings. The van der Waals surface area contributed by atoms with Crippen LogP contribution in [0.2, 0.25) is 5.21 Å². The van der Waals surface area contributed by atoms with Gasteiger partial charge in [0.25, 0.3) is 0 Å². The van der Waals surface area contributed by atoms with E-state index in [0.29, 0.717) is 0 Å². The second kappa shape index (κ2) is 10.00. The van der Waals surface area contributed by atoms with Gasteiger partial charge in [0.1, 0.15) is 0 Å². The van der Waals surface area contributed by atoms with E-state index < -0.39 is 13.6 Å². The molecular weight excluding hydrogens is 431 g/mol. The quantitative estimate of drug-likeness (QED) is 0.372. The molecular formula is C23H26AsBr. The molecule has 0 aliphatic heterocycles. The summed E-state index contributed by atoms with van der Waals surface area (Å²) < 4.78 is 4.68. The summed E-state index contributed by atoms with van der Waals surface area (Å²) in [6.45, 7) is 2.29. The van der Waals surface area contributed by atoms with E-state index in [2.05, 4.69) is 97.9 Å². The van der Waals surface area contributed by atoms with E-state index >= 15 is 0 Å². The van der Waals surface area contributed by atoms with Gasteiger partial charge in [-0.3, -0.25) is 0 Å². The van der Waals surface area contributed by atoms with Crippen LogP contribution in [0, 0.1) is 0 Å². The molecule has 0 bridgehead atoms. The molecule has 0 heterocycles. The Labute approximate surface area is 165 Å². The summed E-state index contributed by atoms with van der Waals surface area (Å²) >= 11 is -2.41. The van der Waals surface area contributed by atoms with Crippen LogP contribution in [0.3, 0.4) is 0 Å². The van der Waals surface area contributed by atoms with Crippen LogP contribution in [-0.4, -0.2) is 13.6 Å². The van der Waals surface area contributed by atoms with Gasteiger partial charge < -0.3 is 17.0 Å². The zero-order chi connectivity index (χ0) is 16.7. The van der Waals surface area contributed by atoms with Crippen molar-refractivity contribution in [1.29, 1.82) is 0 Å². The number of hydrogen-bond donors (Lipinski definition) is 0. The Morgan fingerprint density at radius 3 is 1.24 bits per heavy atom. The molecule has 3 rings (SSSR count). The third-order valence-corrected chi connectivity index (χ3v) is 14.2. The van der Waals surface area contributed by atoms with Crippen molar-refractivity contribution in [3.63, 3.8) is 0 Å². The fraction of sp³-hybridized carbons (Fsp3) is 0.217. The summed E-state index contributed by atoms with van der Waals surface area (Å²) in [6, 6.07) is 33.8. The van der Waals surface area contributed by atoms with Gasteiger partial charge in [-0.1, -0.05) is 0 Å². The fourth-order valence-corrected chi connectivity index (χ4v) is 12.7. The molecule has 0 aliphatic carbocycles. The fourth-order valence-electron chi connectivity index (χ4n) is 3.48. The topological polar surface area (TPSA) is 0 Å². The first kappa shape index (κ1) is 20.0. The minimum Gasteiger partial charge on any atom is -1.00 e.